The first-order valence-corrected chi connectivity index (χ1v) is 12.3. The van der Waals surface area contributed by atoms with Gasteiger partial charge in [-0.2, -0.15) is 4.98 Å². The standard InChI is InChI=1S/C24H27F3N8O2/c1-36-23-22-16(14-2-3-19-20(10-14)34(32-30-19)9-6-21(26)27)4-8-35(22)31-24(29-23)28-18-5-7-33(11-17(18)25)15-12-37-13-15/h2-4,8,10,15,17-18,21H,5-7,9,11-13H2,1H3,(H,28,31)/t17-,18-/m0/s1. The number of methoxy groups -OCH3 is 1. The van der Waals surface area contributed by atoms with Gasteiger partial charge in [0.1, 0.15) is 17.2 Å². The van der Waals surface area contributed by atoms with Gasteiger partial charge in [-0.3, -0.25) is 4.90 Å². The van der Waals surface area contributed by atoms with Gasteiger partial charge in [-0.1, -0.05) is 11.3 Å². The zero-order valence-corrected chi connectivity index (χ0v) is 20.2. The van der Waals surface area contributed by atoms with Gasteiger partial charge in [-0.05, 0) is 30.2 Å². The van der Waals surface area contributed by atoms with E-state index in [4.69, 9.17) is 9.47 Å². The van der Waals surface area contributed by atoms with E-state index < -0.39 is 18.6 Å². The van der Waals surface area contributed by atoms with Crippen molar-refractivity contribution in [1.29, 1.82) is 0 Å². The Morgan fingerprint density at radius 3 is 2.84 bits per heavy atom. The Morgan fingerprint density at radius 1 is 1.24 bits per heavy atom. The van der Waals surface area contributed by atoms with Crippen LogP contribution in [0.3, 0.4) is 0 Å². The summed E-state index contributed by atoms with van der Waals surface area (Å²) in [5.41, 5.74) is 3.52. The average Bonchev–Trinajstić information content (AvgIpc) is 3.46. The van der Waals surface area contributed by atoms with Crippen molar-refractivity contribution in [1.82, 2.24) is 34.5 Å². The average molecular weight is 517 g/mol. The van der Waals surface area contributed by atoms with Gasteiger partial charge >= 0.3 is 0 Å². The minimum Gasteiger partial charge on any atom is -0.479 e. The lowest BCUT2D eigenvalue weighted by Gasteiger charge is -2.42. The molecule has 0 spiro atoms. The van der Waals surface area contributed by atoms with Crippen molar-refractivity contribution in [3.63, 3.8) is 0 Å². The van der Waals surface area contributed by atoms with Gasteiger partial charge in [0, 0.05) is 37.8 Å². The molecule has 13 heteroatoms. The van der Waals surface area contributed by atoms with Crippen molar-refractivity contribution in [3.8, 4) is 17.0 Å². The van der Waals surface area contributed by atoms with Gasteiger partial charge in [0.15, 0.2) is 0 Å². The Labute approximate surface area is 210 Å². The van der Waals surface area contributed by atoms with Crippen molar-refractivity contribution in [2.45, 2.75) is 44.1 Å². The molecular weight excluding hydrogens is 489 g/mol. The van der Waals surface area contributed by atoms with Crippen LogP contribution in [0.1, 0.15) is 12.8 Å². The highest BCUT2D eigenvalue weighted by Crippen LogP contribution is 2.33. The molecule has 196 valence electrons. The summed E-state index contributed by atoms with van der Waals surface area (Å²) in [4.78, 5) is 6.67. The van der Waals surface area contributed by atoms with Crippen LogP contribution in [0.5, 0.6) is 5.88 Å². The highest BCUT2D eigenvalue weighted by Gasteiger charge is 2.35. The molecular formula is C24H27F3N8O2. The van der Waals surface area contributed by atoms with E-state index in [0.717, 1.165) is 17.7 Å². The predicted octanol–water partition coefficient (Wildman–Crippen LogP) is 3.03. The van der Waals surface area contributed by atoms with Crippen LogP contribution in [0, 0.1) is 0 Å². The number of alkyl halides is 3. The van der Waals surface area contributed by atoms with E-state index in [9.17, 15) is 13.2 Å². The van der Waals surface area contributed by atoms with Gasteiger partial charge in [-0.25, -0.2) is 22.4 Å². The number of nitrogens with one attached hydrogen (secondary N) is 1. The van der Waals surface area contributed by atoms with Crippen molar-refractivity contribution >= 4 is 22.5 Å². The number of hydrogen-bond acceptors (Lipinski definition) is 8. The van der Waals surface area contributed by atoms with E-state index in [0.29, 0.717) is 54.7 Å². The summed E-state index contributed by atoms with van der Waals surface area (Å²) < 4.78 is 54.4. The van der Waals surface area contributed by atoms with Crippen LogP contribution in [0.25, 0.3) is 27.7 Å². The largest absolute Gasteiger partial charge is 0.479 e. The van der Waals surface area contributed by atoms with Crippen molar-refractivity contribution in [3.05, 3.63) is 30.5 Å². The molecule has 5 heterocycles. The van der Waals surface area contributed by atoms with Crippen LogP contribution < -0.4 is 10.1 Å². The molecule has 0 saturated carbocycles. The SMILES string of the molecule is COc1nc(N[C@H]2CCN(C3COC3)C[C@@H]2F)nn2ccc(-c3ccc4nnn(CCC(F)F)c4c3)c12. The van der Waals surface area contributed by atoms with Crippen molar-refractivity contribution < 1.29 is 22.6 Å². The van der Waals surface area contributed by atoms with E-state index in [1.54, 1.807) is 16.8 Å². The summed E-state index contributed by atoms with van der Waals surface area (Å²) in [5.74, 6) is 0.616. The Kier molecular flexibility index (Phi) is 6.32. The molecule has 3 aromatic heterocycles. The number of aromatic nitrogens is 6. The molecule has 37 heavy (non-hydrogen) atoms. The lowest BCUT2D eigenvalue weighted by Crippen LogP contribution is -2.57. The summed E-state index contributed by atoms with van der Waals surface area (Å²) in [7, 11) is 1.52. The van der Waals surface area contributed by atoms with Gasteiger partial charge < -0.3 is 14.8 Å². The Morgan fingerprint density at radius 2 is 2.11 bits per heavy atom. The number of likely N-dealkylation sites (tertiary alicyclic amines) is 1. The van der Waals surface area contributed by atoms with Crippen molar-refractivity contribution in [2.75, 3.05) is 38.7 Å². The van der Waals surface area contributed by atoms with Gasteiger partial charge in [0.2, 0.25) is 18.3 Å². The number of fused-ring (bicyclic) bond motifs is 2. The fraction of sp³-hybridized carbons (Fsp3) is 0.500. The fourth-order valence-corrected chi connectivity index (χ4v) is 4.97. The third-order valence-corrected chi connectivity index (χ3v) is 7.08. The first-order chi connectivity index (χ1) is 18.0. The molecule has 4 aromatic rings. The molecule has 0 aliphatic carbocycles. The summed E-state index contributed by atoms with van der Waals surface area (Å²) in [5, 5.41) is 15.8. The summed E-state index contributed by atoms with van der Waals surface area (Å²) in [6.45, 7) is 2.53. The van der Waals surface area contributed by atoms with E-state index >= 15 is 0 Å². The monoisotopic (exact) mass is 516 g/mol. The maximum absolute atomic E-state index is 15.0. The smallest absolute Gasteiger partial charge is 0.244 e. The first-order valence-electron chi connectivity index (χ1n) is 12.3. The van der Waals surface area contributed by atoms with Crippen LogP contribution in [-0.4, -0.2) is 92.6 Å². The summed E-state index contributed by atoms with van der Waals surface area (Å²) >= 11 is 0. The number of anilines is 1. The molecule has 0 radical (unpaired) electrons. The van der Waals surface area contributed by atoms with Crippen LogP contribution >= 0.6 is 0 Å². The molecule has 2 atom stereocenters. The second kappa shape index (κ2) is 9.78. The second-order valence-corrected chi connectivity index (χ2v) is 9.40. The molecule has 10 nitrogen and oxygen atoms in total. The highest BCUT2D eigenvalue weighted by molar-refractivity contribution is 5.89. The molecule has 0 amide bonds. The number of ether oxygens (including phenoxy) is 2. The molecule has 2 fully saturated rings. The molecule has 2 saturated heterocycles. The van der Waals surface area contributed by atoms with Crippen LogP contribution in [0.2, 0.25) is 0 Å². The predicted molar refractivity (Wildman–Crippen MR) is 130 cm³/mol. The van der Waals surface area contributed by atoms with Gasteiger partial charge in [0.05, 0.1) is 37.9 Å². The van der Waals surface area contributed by atoms with E-state index in [2.05, 4.69) is 30.6 Å². The third-order valence-electron chi connectivity index (χ3n) is 7.08. The van der Waals surface area contributed by atoms with Crippen LogP contribution in [-0.2, 0) is 11.3 Å². The molecule has 1 N–H and O–H groups in total. The quantitative estimate of drug-likeness (QED) is 0.382. The minimum absolute atomic E-state index is 0.0680. The fourth-order valence-electron chi connectivity index (χ4n) is 4.97. The van der Waals surface area contributed by atoms with E-state index in [1.165, 1.54) is 11.8 Å². The maximum Gasteiger partial charge on any atom is 0.244 e. The number of hydrogen-bond donors (Lipinski definition) is 1. The number of nitrogens with zero attached hydrogens (tertiary/aromatic N) is 7. The number of aryl methyl sites for hydroxylation is 1. The zero-order valence-electron chi connectivity index (χ0n) is 20.2. The lowest BCUT2D eigenvalue weighted by atomic mass is 10.0. The van der Waals surface area contributed by atoms with Gasteiger partial charge in [-0.15, -0.1) is 10.2 Å². The number of halogens is 3. The summed E-state index contributed by atoms with van der Waals surface area (Å²) in [6, 6.07) is 7.32. The van der Waals surface area contributed by atoms with Crippen LogP contribution in [0.15, 0.2) is 30.5 Å². The molecule has 2 aliphatic heterocycles. The Hall–Kier alpha value is -3.45. The Balaban J connectivity index is 1.26. The first kappa shape index (κ1) is 23.9. The minimum atomic E-state index is -2.42. The Bertz CT molecular complexity index is 1410. The van der Waals surface area contributed by atoms with E-state index in [-0.39, 0.29) is 18.9 Å². The third kappa shape index (κ3) is 4.57. The normalized spacial score (nSPS) is 21.1. The molecule has 6 rings (SSSR count). The van der Waals surface area contributed by atoms with Crippen LogP contribution in [0.4, 0.5) is 19.1 Å². The number of piperidine rings is 1. The zero-order chi connectivity index (χ0) is 25.5. The van der Waals surface area contributed by atoms with Crippen molar-refractivity contribution in [2.24, 2.45) is 0 Å². The lowest BCUT2D eigenvalue weighted by molar-refractivity contribution is -0.0794. The molecule has 0 bridgehead atoms. The van der Waals surface area contributed by atoms with Gasteiger partial charge in [0.25, 0.3) is 0 Å². The van der Waals surface area contributed by atoms with E-state index in [1.807, 2.05) is 18.2 Å². The number of benzene rings is 1. The second-order valence-electron chi connectivity index (χ2n) is 9.40. The molecule has 1 aromatic carbocycles. The highest BCUT2D eigenvalue weighted by atomic mass is 19.3. The molecule has 2 aliphatic rings. The topological polar surface area (TPSA) is 94.6 Å². The number of rotatable bonds is 8. The summed E-state index contributed by atoms with van der Waals surface area (Å²) in [6.07, 6.45) is -1.37. The molecule has 0 unspecified atom stereocenters. The maximum atomic E-state index is 15.0.